The Kier molecular flexibility index (Phi) is 3.69. The highest BCUT2D eigenvalue weighted by atomic mass is 16.5. The van der Waals surface area contributed by atoms with E-state index in [0.29, 0.717) is 12.2 Å². The number of carbonyl (C=O) groups is 1. The summed E-state index contributed by atoms with van der Waals surface area (Å²) in [7, 11) is 1.72. The number of rotatable bonds is 4. The van der Waals surface area contributed by atoms with Crippen LogP contribution in [0, 0.1) is 6.92 Å². The molecule has 2 aromatic rings. The minimum absolute atomic E-state index is 0.125. The first kappa shape index (κ1) is 13.3. The second-order valence-electron chi connectivity index (χ2n) is 4.86. The zero-order valence-electron chi connectivity index (χ0n) is 11.6. The maximum atomic E-state index is 12.2. The average Bonchev–Trinajstić information content (AvgIpc) is 2.97. The minimum atomic E-state index is -0.125. The summed E-state index contributed by atoms with van der Waals surface area (Å²) in [6.07, 6.45) is 1.81. The third-order valence-corrected chi connectivity index (χ3v) is 2.78. The number of hydrogen-bond donors (Lipinski definition) is 0. The van der Waals surface area contributed by atoms with Gasteiger partial charge in [0.05, 0.1) is 6.54 Å². The first-order chi connectivity index (χ1) is 8.97. The molecule has 0 aliphatic rings. The van der Waals surface area contributed by atoms with E-state index in [1.807, 2.05) is 33.0 Å². The minimum Gasteiger partial charge on any atom is -0.361 e. The van der Waals surface area contributed by atoms with Gasteiger partial charge in [-0.15, -0.1) is 0 Å². The molecule has 1 amide bonds. The second-order valence-corrected chi connectivity index (χ2v) is 4.86. The summed E-state index contributed by atoms with van der Waals surface area (Å²) in [6, 6.07) is 3.79. The lowest BCUT2D eigenvalue weighted by Crippen LogP contribution is -2.27. The highest BCUT2D eigenvalue weighted by Crippen LogP contribution is 2.09. The summed E-state index contributed by atoms with van der Waals surface area (Å²) >= 11 is 0. The molecule has 0 atom stereocenters. The van der Waals surface area contributed by atoms with Gasteiger partial charge in [-0.1, -0.05) is 5.16 Å². The molecule has 0 fully saturated rings. The van der Waals surface area contributed by atoms with Crippen LogP contribution in [0.15, 0.2) is 22.9 Å². The monoisotopic (exact) mass is 262 g/mol. The van der Waals surface area contributed by atoms with Crippen molar-refractivity contribution in [3.8, 4) is 0 Å². The van der Waals surface area contributed by atoms with Crippen LogP contribution in [0.5, 0.6) is 0 Å². The van der Waals surface area contributed by atoms with E-state index in [4.69, 9.17) is 4.52 Å². The maximum Gasteiger partial charge on any atom is 0.274 e. The predicted molar refractivity (Wildman–Crippen MR) is 69.6 cm³/mol. The van der Waals surface area contributed by atoms with Crippen molar-refractivity contribution in [3.05, 3.63) is 35.5 Å². The second kappa shape index (κ2) is 5.26. The Hall–Kier alpha value is -2.11. The summed E-state index contributed by atoms with van der Waals surface area (Å²) in [6.45, 7) is 6.26. The lowest BCUT2D eigenvalue weighted by Gasteiger charge is -2.13. The van der Waals surface area contributed by atoms with E-state index in [0.717, 1.165) is 11.5 Å². The van der Waals surface area contributed by atoms with Crippen molar-refractivity contribution in [2.75, 3.05) is 7.05 Å². The number of carbonyl (C=O) groups excluding carboxylic acids is 1. The first-order valence-electron chi connectivity index (χ1n) is 6.20. The van der Waals surface area contributed by atoms with Crippen molar-refractivity contribution in [2.45, 2.75) is 33.4 Å². The van der Waals surface area contributed by atoms with Gasteiger partial charge in [-0.25, -0.2) is 0 Å². The molecule has 6 heteroatoms. The molecular weight excluding hydrogens is 244 g/mol. The summed E-state index contributed by atoms with van der Waals surface area (Å²) in [4.78, 5) is 13.8. The molecule has 0 saturated carbocycles. The van der Waals surface area contributed by atoms with Gasteiger partial charge >= 0.3 is 0 Å². The Balaban J connectivity index is 2.05. The largest absolute Gasteiger partial charge is 0.361 e. The van der Waals surface area contributed by atoms with Crippen molar-refractivity contribution in [2.24, 2.45) is 0 Å². The fourth-order valence-corrected chi connectivity index (χ4v) is 1.74. The van der Waals surface area contributed by atoms with Gasteiger partial charge in [0.2, 0.25) is 0 Å². The van der Waals surface area contributed by atoms with Crippen molar-refractivity contribution < 1.29 is 9.32 Å². The van der Waals surface area contributed by atoms with Gasteiger partial charge in [0.25, 0.3) is 5.91 Å². The summed E-state index contributed by atoms with van der Waals surface area (Å²) < 4.78 is 6.74. The molecule has 0 saturated heterocycles. The molecule has 0 bridgehead atoms. The molecule has 0 unspecified atom stereocenters. The van der Waals surface area contributed by atoms with Crippen LogP contribution in [0.3, 0.4) is 0 Å². The smallest absolute Gasteiger partial charge is 0.274 e. The van der Waals surface area contributed by atoms with E-state index >= 15 is 0 Å². The van der Waals surface area contributed by atoms with Gasteiger partial charge < -0.3 is 9.42 Å². The Morgan fingerprint density at radius 1 is 1.53 bits per heavy atom. The van der Waals surface area contributed by atoms with E-state index < -0.39 is 0 Å². The molecule has 0 N–H and O–H groups in total. The first-order valence-corrected chi connectivity index (χ1v) is 6.20. The quantitative estimate of drug-likeness (QED) is 0.845. The molecule has 0 radical (unpaired) electrons. The average molecular weight is 262 g/mol. The van der Waals surface area contributed by atoms with Crippen LogP contribution in [0.4, 0.5) is 0 Å². The molecule has 0 aliphatic heterocycles. The summed E-state index contributed by atoms with van der Waals surface area (Å²) in [5, 5.41) is 8.13. The number of hydrogen-bond acceptors (Lipinski definition) is 4. The maximum absolute atomic E-state index is 12.2. The van der Waals surface area contributed by atoms with E-state index in [1.54, 1.807) is 22.7 Å². The predicted octanol–water partition coefficient (Wildman–Crippen LogP) is 2.03. The van der Waals surface area contributed by atoms with Gasteiger partial charge in [0, 0.05) is 25.4 Å². The van der Waals surface area contributed by atoms with Gasteiger partial charge in [0.1, 0.15) is 17.1 Å². The van der Waals surface area contributed by atoms with Crippen LogP contribution in [0.2, 0.25) is 0 Å². The molecule has 2 aromatic heterocycles. The molecule has 102 valence electrons. The number of amides is 1. The van der Waals surface area contributed by atoms with Crippen molar-refractivity contribution in [1.82, 2.24) is 19.8 Å². The van der Waals surface area contributed by atoms with Gasteiger partial charge in [0.15, 0.2) is 0 Å². The zero-order chi connectivity index (χ0) is 14.0. The number of aromatic nitrogens is 3. The highest BCUT2D eigenvalue weighted by molar-refractivity contribution is 5.91. The van der Waals surface area contributed by atoms with Crippen LogP contribution in [-0.2, 0) is 6.54 Å². The lowest BCUT2D eigenvalue weighted by atomic mass is 10.3. The Bertz CT molecular complexity index is 571. The van der Waals surface area contributed by atoms with Crippen LogP contribution in [0.1, 0.15) is 41.8 Å². The van der Waals surface area contributed by atoms with E-state index in [1.165, 1.54) is 0 Å². The van der Waals surface area contributed by atoms with Crippen LogP contribution < -0.4 is 0 Å². The zero-order valence-corrected chi connectivity index (χ0v) is 11.6. The van der Waals surface area contributed by atoms with E-state index in [9.17, 15) is 4.79 Å². The third kappa shape index (κ3) is 3.01. The SMILES string of the molecule is Cc1cc(CN(C)C(=O)c2ccn(C(C)C)n2)no1. The molecular formula is C13H18N4O2. The molecule has 2 heterocycles. The van der Waals surface area contributed by atoms with Crippen molar-refractivity contribution in [3.63, 3.8) is 0 Å². The Morgan fingerprint density at radius 3 is 2.79 bits per heavy atom. The molecule has 0 aliphatic carbocycles. The van der Waals surface area contributed by atoms with Gasteiger partial charge in [-0.2, -0.15) is 5.10 Å². The standard InChI is InChI=1S/C13H18N4O2/c1-9(2)17-6-5-12(14-17)13(18)16(4)8-11-7-10(3)19-15-11/h5-7,9H,8H2,1-4H3. The fourth-order valence-electron chi connectivity index (χ4n) is 1.74. The third-order valence-electron chi connectivity index (χ3n) is 2.78. The van der Waals surface area contributed by atoms with Gasteiger partial charge in [-0.3, -0.25) is 9.48 Å². The fraction of sp³-hybridized carbons (Fsp3) is 0.462. The van der Waals surface area contributed by atoms with Crippen LogP contribution >= 0.6 is 0 Å². The van der Waals surface area contributed by atoms with E-state index in [2.05, 4.69) is 10.3 Å². The molecule has 19 heavy (non-hydrogen) atoms. The van der Waals surface area contributed by atoms with Crippen LogP contribution in [-0.4, -0.2) is 32.8 Å². The molecule has 2 rings (SSSR count). The topological polar surface area (TPSA) is 64.2 Å². The lowest BCUT2D eigenvalue weighted by molar-refractivity contribution is 0.0775. The number of aryl methyl sites for hydroxylation is 1. The normalized spacial score (nSPS) is 11.0. The Morgan fingerprint density at radius 2 is 2.26 bits per heavy atom. The summed E-state index contributed by atoms with van der Waals surface area (Å²) in [5.74, 6) is 0.611. The van der Waals surface area contributed by atoms with Crippen molar-refractivity contribution in [1.29, 1.82) is 0 Å². The molecule has 0 aromatic carbocycles. The van der Waals surface area contributed by atoms with Crippen molar-refractivity contribution >= 4 is 5.91 Å². The van der Waals surface area contributed by atoms with E-state index in [-0.39, 0.29) is 11.9 Å². The number of nitrogens with zero attached hydrogens (tertiary/aromatic N) is 4. The molecule has 6 nitrogen and oxygen atoms in total. The van der Waals surface area contributed by atoms with Crippen LogP contribution in [0.25, 0.3) is 0 Å². The highest BCUT2D eigenvalue weighted by Gasteiger charge is 2.16. The summed E-state index contributed by atoms with van der Waals surface area (Å²) in [5.41, 5.74) is 1.17. The van der Waals surface area contributed by atoms with Gasteiger partial charge in [-0.05, 0) is 26.8 Å². The molecule has 0 spiro atoms. The Labute approximate surface area is 112 Å².